The average molecular weight is 177 g/mol. The molecule has 4 nitrogen and oxygen atoms in total. The molecule has 0 radical (unpaired) electrons. The first-order valence-electron chi connectivity index (χ1n) is 3.99. The zero-order valence-corrected chi connectivity index (χ0v) is 8.04. The van der Waals surface area contributed by atoms with Gasteiger partial charge in [-0.05, 0) is 13.8 Å². The summed E-state index contributed by atoms with van der Waals surface area (Å²) in [6, 6.07) is 0. The summed E-state index contributed by atoms with van der Waals surface area (Å²) in [6.45, 7) is 4.75. The fraction of sp³-hybridized carbons (Fsp3) is 1.00. The van der Waals surface area contributed by atoms with Crippen molar-refractivity contribution in [3.05, 3.63) is 0 Å². The molecule has 3 N–H and O–H groups in total. The van der Waals surface area contributed by atoms with Gasteiger partial charge in [0.15, 0.2) is 0 Å². The van der Waals surface area contributed by atoms with E-state index in [0.717, 1.165) is 0 Å². The molecule has 0 unspecified atom stereocenters. The summed E-state index contributed by atoms with van der Waals surface area (Å²) < 4.78 is 9.88. The van der Waals surface area contributed by atoms with Crippen LogP contribution in [-0.2, 0) is 9.47 Å². The molecule has 12 heavy (non-hydrogen) atoms. The van der Waals surface area contributed by atoms with Crippen molar-refractivity contribution in [1.82, 2.24) is 0 Å². The zero-order chi connectivity index (χ0) is 9.61. The van der Waals surface area contributed by atoms with Crippen LogP contribution in [0.25, 0.3) is 0 Å². The molecule has 0 aliphatic rings. The Morgan fingerprint density at radius 1 is 1.42 bits per heavy atom. The van der Waals surface area contributed by atoms with Gasteiger partial charge < -0.3 is 20.3 Å². The Morgan fingerprint density at radius 3 is 2.42 bits per heavy atom. The van der Waals surface area contributed by atoms with Crippen molar-refractivity contribution in [3.8, 4) is 0 Å². The number of aliphatic hydroxyl groups is 1. The van der Waals surface area contributed by atoms with Crippen molar-refractivity contribution in [2.45, 2.75) is 25.5 Å². The molecule has 0 spiro atoms. The first kappa shape index (κ1) is 11.8. The smallest absolute Gasteiger partial charge is 0.101 e. The quantitative estimate of drug-likeness (QED) is 0.587. The van der Waals surface area contributed by atoms with E-state index < -0.39 is 6.10 Å². The van der Waals surface area contributed by atoms with E-state index in [1.54, 1.807) is 0 Å². The largest absolute Gasteiger partial charge is 0.388 e. The molecule has 0 aliphatic carbocycles. The summed E-state index contributed by atoms with van der Waals surface area (Å²) in [5.74, 6) is 0. The third-order valence-corrected chi connectivity index (χ3v) is 1.14. The minimum atomic E-state index is -0.558. The second kappa shape index (κ2) is 5.48. The number of methoxy groups -OCH3 is 1. The van der Waals surface area contributed by atoms with Crippen LogP contribution < -0.4 is 5.73 Å². The normalized spacial score (nSPS) is 14.8. The maximum Gasteiger partial charge on any atom is 0.101 e. The predicted octanol–water partition coefficient (Wildman–Crippen LogP) is -0.252. The fourth-order valence-electron chi connectivity index (χ4n) is 0.699. The third-order valence-electron chi connectivity index (χ3n) is 1.14. The van der Waals surface area contributed by atoms with Gasteiger partial charge in [-0.2, -0.15) is 0 Å². The molecule has 0 heterocycles. The second-order valence-corrected chi connectivity index (χ2v) is 3.61. The van der Waals surface area contributed by atoms with Crippen molar-refractivity contribution in [2.24, 2.45) is 5.73 Å². The van der Waals surface area contributed by atoms with Gasteiger partial charge in [0.1, 0.15) is 6.10 Å². The summed E-state index contributed by atoms with van der Waals surface area (Å²) in [7, 11) is 1.54. The van der Waals surface area contributed by atoms with Gasteiger partial charge in [0.2, 0.25) is 0 Å². The Hall–Kier alpha value is -0.160. The molecule has 0 aliphatic heterocycles. The molecule has 0 saturated heterocycles. The maximum absolute atomic E-state index is 9.16. The van der Waals surface area contributed by atoms with Crippen molar-refractivity contribution >= 4 is 0 Å². The number of hydrogen-bond donors (Lipinski definition) is 2. The molecule has 0 amide bonds. The van der Waals surface area contributed by atoms with Crippen LogP contribution in [0.2, 0.25) is 0 Å². The van der Waals surface area contributed by atoms with Gasteiger partial charge in [-0.1, -0.05) is 0 Å². The zero-order valence-electron chi connectivity index (χ0n) is 8.04. The molecular formula is C8H19NO3. The molecule has 0 saturated carbocycles. The highest BCUT2D eigenvalue weighted by molar-refractivity contribution is 4.70. The lowest BCUT2D eigenvalue weighted by atomic mass is 10.1. The van der Waals surface area contributed by atoms with Gasteiger partial charge in [-0.15, -0.1) is 0 Å². The van der Waals surface area contributed by atoms with E-state index in [1.165, 1.54) is 7.11 Å². The van der Waals surface area contributed by atoms with Crippen molar-refractivity contribution in [1.29, 1.82) is 0 Å². The average Bonchev–Trinajstić information content (AvgIpc) is 1.84. The molecule has 0 rings (SSSR count). The molecule has 4 heteroatoms. The Bertz CT molecular complexity index is 111. The van der Waals surface area contributed by atoms with Crippen LogP contribution in [0.15, 0.2) is 0 Å². The lowest BCUT2D eigenvalue weighted by Gasteiger charge is -2.19. The SMILES string of the molecule is COC[C@@H](O)COCC(C)(C)N. The van der Waals surface area contributed by atoms with E-state index >= 15 is 0 Å². The standard InChI is InChI=1S/C8H19NO3/c1-8(2,9)6-12-5-7(10)4-11-3/h7,10H,4-6,9H2,1-3H3/t7-/m1/s1. The van der Waals surface area contributed by atoms with Gasteiger partial charge in [-0.3, -0.25) is 0 Å². The fourth-order valence-corrected chi connectivity index (χ4v) is 0.699. The minimum Gasteiger partial charge on any atom is -0.388 e. The number of aliphatic hydroxyl groups excluding tert-OH is 1. The van der Waals surface area contributed by atoms with E-state index in [-0.39, 0.29) is 12.1 Å². The Kier molecular flexibility index (Phi) is 5.41. The van der Waals surface area contributed by atoms with Gasteiger partial charge in [0.05, 0.1) is 19.8 Å². The Balaban J connectivity index is 3.31. The molecule has 0 aromatic carbocycles. The monoisotopic (exact) mass is 177 g/mol. The molecule has 0 bridgehead atoms. The van der Waals surface area contributed by atoms with Crippen LogP contribution in [-0.4, -0.2) is 43.7 Å². The predicted molar refractivity (Wildman–Crippen MR) is 47.0 cm³/mol. The van der Waals surface area contributed by atoms with Gasteiger partial charge >= 0.3 is 0 Å². The van der Waals surface area contributed by atoms with Crippen LogP contribution in [0.4, 0.5) is 0 Å². The van der Waals surface area contributed by atoms with Crippen molar-refractivity contribution in [3.63, 3.8) is 0 Å². The van der Waals surface area contributed by atoms with E-state index in [0.29, 0.717) is 13.2 Å². The number of rotatable bonds is 6. The lowest BCUT2D eigenvalue weighted by molar-refractivity contribution is -0.0154. The highest BCUT2D eigenvalue weighted by Crippen LogP contribution is 1.97. The van der Waals surface area contributed by atoms with E-state index in [4.69, 9.17) is 20.3 Å². The second-order valence-electron chi connectivity index (χ2n) is 3.61. The minimum absolute atomic E-state index is 0.272. The number of ether oxygens (including phenoxy) is 2. The lowest BCUT2D eigenvalue weighted by Crippen LogP contribution is -2.38. The highest BCUT2D eigenvalue weighted by atomic mass is 16.5. The maximum atomic E-state index is 9.16. The molecule has 0 aromatic rings. The summed E-state index contributed by atoms with van der Waals surface area (Å²) in [4.78, 5) is 0. The summed E-state index contributed by atoms with van der Waals surface area (Å²) >= 11 is 0. The van der Waals surface area contributed by atoms with Crippen LogP contribution in [0.5, 0.6) is 0 Å². The van der Waals surface area contributed by atoms with E-state index in [2.05, 4.69) is 0 Å². The summed E-state index contributed by atoms with van der Waals surface area (Å²) in [5, 5.41) is 9.16. The summed E-state index contributed by atoms with van der Waals surface area (Å²) in [5.41, 5.74) is 5.32. The van der Waals surface area contributed by atoms with E-state index in [1.807, 2.05) is 13.8 Å². The van der Waals surface area contributed by atoms with Gasteiger partial charge in [-0.25, -0.2) is 0 Å². The van der Waals surface area contributed by atoms with Crippen molar-refractivity contribution in [2.75, 3.05) is 26.9 Å². The number of nitrogens with two attached hydrogens (primary N) is 1. The van der Waals surface area contributed by atoms with Gasteiger partial charge in [0, 0.05) is 12.6 Å². The van der Waals surface area contributed by atoms with Crippen LogP contribution in [0.3, 0.4) is 0 Å². The first-order valence-corrected chi connectivity index (χ1v) is 3.99. The van der Waals surface area contributed by atoms with Gasteiger partial charge in [0.25, 0.3) is 0 Å². The van der Waals surface area contributed by atoms with E-state index in [9.17, 15) is 0 Å². The molecule has 0 fully saturated rings. The van der Waals surface area contributed by atoms with Crippen LogP contribution >= 0.6 is 0 Å². The summed E-state index contributed by atoms with van der Waals surface area (Å²) in [6.07, 6.45) is -0.558. The Morgan fingerprint density at radius 2 is 2.00 bits per heavy atom. The topological polar surface area (TPSA) is 64.7 Å². The van der Waals surface area contributed by atoms with Crippen molar-refractivity contribution < 1.29 is 14.6 Å². The first-order chi connectivity index (χ1) is 5.45. The van der Waals surface area contributed by atoms with Crippen LogP contribution in [0.1, 0.15) is 13.8 Å². The number of hydrogen-bond acceptors (Lipinski definition) is 4. The molecule has 74 valence electrons. The molecule has 0 aromatic heterocycles. The van der Waals surface area contributed by atoms with Crippen LogP contribution in [0, 0.1) is 0 Å². The third kappa shape index (κ3) is 7.94. The highest BCUT2D eigenvalue weighted by Gasteiger charge is 2.11. The molecule has 1 atom stereocenters. The molecular weight excluding hydrogens is 158 g/mol. The Labute approximate surface area is 73.7 Å².